The lowest BCUT2D eigenvalue weighted by Crippen LogP contribution is -2.42. The van der Waals surface area contributed by atoms with Crippen molar-refractivity contribution in [2.45, 2.75) is 24.9 Å². The van der Waals surface area contributed by atoms with Crippen molar-refractivity contribution in [2.24, 2.45) is 0 Å². The maximum Gasteiger partial charge on any atom is 0.0599 e. The van der Waals surface area contributed by atoms with Crippen molar-refractivity contribution >= 4 is 5.69 Å². The summed E-state index contributed by atoms with van der Waals surface area (Å²) in [6.45, 7) is 2.17. The van der Waals surface area contributed by atoms with Crippen LogP contribution in [0.5, 0.6) is 0 Å². The molecule has 1 aliphatic rings. The number of piperidine rings is 1. The Morgan fingerprint density at radius 1 is 0.952 bits per heavy atom. The van der Waals surface area contributed by atoms with Crippen LogP contribution in [-0.4, -0.2) is 19.1 Å². The van der Waals surface area contributed by atoms with Gasteiger partial charge in [0.1, 0.15) is 0 Å². The van der Waals surface area contributed by atoms with E-state index < -0.39 is 0 Å². The number of rotatable bonds is 4. The molecule has 21 heavy (non-hydrogen) atoms. The molecule has 0 aromatic heterocycles. The smallest absolute Gasteiger partial charge is 0.0599 e. The van der Waals surface area contributed by atoms with Gasteiger partial charge in [-0.05, 0) is 43.1 Å². The Labute approximate surface area is 126 Å². The summed E-state index contributed by atoms with van der Waals surface area (Å²) in [5, 5.41) is 7.22. The molecule has 1 atom stereocenters. The van der Waals surface area contributed by atoms with E-state index in [9.17, 15) is 0 Å². The number of nitrogens with two attached hydrogens (primary N) is 1. The minimum atomic E-state index is 0.162. The van der Waals surface area contributed by atoms with E-state index in [-0.39, 0.29) is 6.04 Å². The first kappa shape index (κ1) is 14.1. The van der Waals surface area contributed by atoms with Crippen LogP contribution >= 0.6 is 0 Å². The van der Waals surface area contributed by atoms with Gasteiger partial charge in [-0.3, -0.25) is 0 Å². The second-order valence-electron chi connectivity index (χ2n) is 5.66. The van der Waals surface area contributed by atoms with Crippen LogP contribution in [0, 0.1) is 0 Å². The lowest BCUT2D eigenvalue weighted by molar-refractivity contribution is 0.367. The molecule has 1 heterocycles. The van der Waals surface area contributed by atoms with E-state index in [1.807, 2.05) is 12.1 Å². The molecule has 2 aromatic rings. The Morgan fingerprint density at radius 2 is 1.62 bits per heavy atom. The quantitative estimate of drug-likeness (QED) is 0.755. The molecule has 3 heteroatoms. The lowest BCUT2D eigenvalue weighted by atomic mass is 9.95. The highest BCUT2D eigenvalue weighted by Gasteiger charge is 2.21. The second-order valence-corrected chi connectivity index (χ2v) is 5.66. The van der Waals surface area contributed by atoms with Crippen LogP contribution in [0.3, 0.4) is 0 Å². The van der Waals surface area contributed by atoms with Crippen LogP contribution in [0.15, 0.2) is 54.6 Å². The largest absolute Gasteiger partial charge is 0.398 e. The molecular formula is C18H23N3. The normalized spacial score (nSPS) is 17.5. The number of anilines is 1. The van der Waals surface area contributed by atoms with Crippen molar-refractivity contribution in [3.8, 4) is 0 Å². The van der Waals surface area contributed by atoms with E-state index in [4.69, 9.17) is 5.73 Å². The molecule has 1 aliphatic heterocycles. The van der Waals surface area contributed by atoms with Gasteiger partial charge >= 0.3 is 0 Å². The first-order valence-corrected chi connectivity index (χ1v) is 7.71. The molecule has 110 valence electrons. The van der Waals surface area contributed by atoms with Crippen molar-refractivity contribution in [3.05, 3.63) is 65.7 Å². The zero-order valence-electron chi connectivity index (χ0n) is 12.3. The van der Waals surface area contributed by atoms with Crippen LogP contribution in [-0.2, 0) is 0 Å². The van der Waals surface area contributed by atoms with Gasteiger partial charge in [-0.2, -0.15) is 0 Å². The maximum atomic E-state index is 6.21. The zero-order chi connectivity index (χ0) is 14.5. The molecule has 1 saturated heterocycles. The summed E-state index contributed by atoms with van der Waals surface area (Å²) in [7, 11) is 0. The highest BCUT2D eigenvalue weighted by molar-refractivity contribution is 5.51. The van der Waals surface area contributed by atoms with Gasteiger partial charge in [0.05, 0.1) is 6.04 Å². The Kier molecular flexibility index (Phi) is 4.53. The van der Waals surface area contributed by atoms with E-state index in [2.05, 4.69) is 53.1 Å². The van der Waals surface area contributed by atoms with Crippen molar-refractivity contribution in [3.63, 3.8) is 0 Å². The average Bonchev–Trinajstić information content (AvgIpc) is 2.55. The maximum absolute atomic E-state index is 6.21. The molecule has 3 rings (SSSR count). The molecule has 0 spiro atoms. The molecule has 3 nitrogen and oxygen atoms in total. The topological polar surface area (TPSA) is 50.1 Å². The van der Waals surface area contributed by atoms with Crippen molar-refractivity contribution < 1.29 is 0 Å². The summed E-state index contributed by atoms with van der Waals surface area (Å²) < 4.78 is 0. The highest BCUT2D eigenvalue weighted by atomic mass is 15.0. The third kappa shape index (κ3) is 3.43. The summed E-state index contributed by atoms with van der Waals surface area (Å²) in [5.41, 5.74) is 9.51. The molecule has 0 radical (unpaired) electrons. The van der Waals surface area contributed by atoms with Crippen LogP contribution < -0.4 is 16.4 Å². The summed E-state index contributed by atoms with van der Waals surface area (Å²) >= 11 is 0. The standard InChI is InChI=1S/C18H23N3/c19-17-9-5-4-8-16(17)18(14-6-2-1-3-7-14)21-15-10-12-20-13-11-15/h1-9,15,18,20-21H,10-13,19H2. The van der Waals surface area contributed by atoms with Gasteiger partial charge in [0.25, 0.3) is 0 Å². The molecule has 1 unspecified atom stereocenters. The molecule has 0 saturated carbocycles. The Bertz CT molecular complexity index is 562. The van der Waals surface area contributed by atoms with Crippen LogP contribution in [0.4, 0.5) is 5.69 Å². The number of nitrogen functional groups attached to an aromatic ring is 1. The Morgan fingerprint density at radius 3 is 2.33 bits per heavy atom. The van der Waals surface area contributed by atoms with Gasteiger partial charge in [0, 0.05) is 11.7 Å². The van der Waals surface area contributed by atoms with Crippen molar-refractivity contribution in [1.29, 1.82) is 0 Å². The van der Waals surface area contributed by atoms with Gasteiger partial charge in [-0.15, -0.1) is 0 Å². The van der Waals surface area contributed by atoms with E-state index in [1.165, 1.54) is 11.1 Å². The van der Waals surface area contributed by atoms with Crippen molar-refractivity contribution in [1.82, 2.24) is 10.6 Å². The number of benzene rings is 2. The van der Waals surface area contributed by atoms with Crippen LogP contribution in [0.1, 0.15) is 30.0 Å². The molecule has 2 aromatic carbocycles. The van der Waals surface area contributed by atoms with E-state index in [0.29, 0.717) is 6.04 Å². The highest BCUT2D eigenvalue weighted by Crippen LogP contribution is 2.27. The average molecular weight is 281 g/mol. The predicted octanol–water partition coefficient (Wildman–Crippen LogP) is 2.70. The molecule has 0 amide bonds. The zero-order valence-corrected chi connectivity index (χ0v) is 12.3. The number of para-hydroxylation sites is 1. The summed E-state index contributed by atoms with van der Waals surface area (Å²) in [4.78, 5) is 0. The predicted molar refractivity (Wildman–Crippen MR) is 88.2 cm³/mol. The first-order valence-electron chi connectivity index (χ1n) is 7.71. The van der Waals surface area contributed by atoms with Gasteiger partial charge in [0.2, 0.25) is 0 Å². The fourth-order valence-electron chi connectivity index (χ4n) is 3.01. The molecule has 0 bridgehead atoms. The molecular weight excluding hydrogens is 258 g/mol. The fourth-order valence-corrected chi connectivity index (χ4v) is 3.01. The minimum absolute atomic E-state index is 0.162. The van der Waals surface area contributed by atoms with Gasteiger partial charge in [-0.1, -0.05) is 48.5 Å². The van der Waals surface area contributed by atoms with E-state index in [0.717, 1.165) is 31.6 Å². The summed E-state index contributed by atoms with van der Waals surface area (Å²) in [5.74, 6) is 0. The third-order valence-corrected chi connectivity index (χ3v) is 4.18. The number of hydrogen-bond acceptors (Lipinski definition) is 3. The summed E-state index contributed by atoms with van der Waals surface area (Å²) in [6.07, 6.45) is 2.33. The lowest BCUT2D eigenvalue weighted by Gasteiger charge is -2.30. The SMILES string of the molecule is Nc1ccccc1C(NC1CCNCC1)c1ccccc1. The van der Waals surface area contributed by atoms with Crippen molar-refractivity contribution in [2.75, 3.05) is 18.8 Å². The number of nitrogens with one attached hydrogen (secondary N) is 2. The van der Waals surface area contributed by atoms with E-state index >= 15 is 0 Å². The third-order valence-electron chi connectivity index (χ3n) is 4.18. The van der Waals surface area contributed by atoms with Crippen LogP contribution in [0.2, 0.25) is 0 Å². The minimum Gasteiger partial charge on any atom is -0.398 e. The number of hydrogen-bond donors (Lipinski definition) is 3. The Hall–Kier alpha value is -1.84. The Balaban J connectivity index is 1.89. The van der Waals surface area contributed by atoms with Crippen LogP contribution in [0.25, 0.3) is 0 Å². The van der Waals surface area contributed by atoms with Gasteiger partial charge < -0.3 is 16.4 Å². The second kappa shape index (κ2) is 6.74. The fraction of sp³-hybridized carbons (Fsp3) is 0.333. The molecule has 1 fully saturated rings. The monoisotopic (exact) mass is 281 g/mol. The van der Waals surface area contributed by atoms with Gasteiger partial charge in [-0.25, -0.2) is 0 Å². The van der Waals surface area contributed by atoms with Gasteiger partial charge in [0.15, 0.2) is 0 Å². The summed E-state index contributed by atoms with van der Waals surface area (Å²) in [6, 6.07) is 19.4. The van der Waals surface area contributed by atoms with E-state index in [1.54, 1.807) is 0 Å². The first-order chi connectivity index (χ1) is 10.3. The molecule has 4 N–H and O–H groups in total. The molecule has 0 aliphatic carbocycles.